The van der Waals surface area contributed by atoms with Gasteiger partial charge in [-0.05, 0) is 69.7 Å². The molecule has 0 saturated heterocycles. The molecule has 0 aliphatic carbocycles. The third-order valence-corrected chi connectivity index (χ3v) is 7.77. The first-order valence-electron chi connectivity index (χ1n) is 17.6. The molecule has 0 unspecified atom stereocenters. The molecule has 0 aromatic carbocycles. The smallest absolute Gasteiger partial charge is 0.223 e. The van der Waals surface area contributed by atoms with Crippen LogP contribution in [-0.4, -0.2) is 61.5 Å². The highest BCUT2D eigenvalue weighted by molar-refractivity contribution is 5.88. The molecule has 7 aromatic heterocycles. The average Bonchev–Trinajstić information content (AvgIpc) is 3.78. The average molecular weight is 723 g/mol. The molecule has 0 amide bonds. The topological polar surface area (TPSA) is 255 Å². The van der Waals surface area contributed by atoms with E-state index in [1.54, 1.807) is 12.4 Å². The van der Waals surface area contributed by atoms with Crippen LogP contribution in [0.4, 0.5) is 35.2 Å². The number of hydrogen-bond acceptors (Lipinski definition) is 13. The summed E-state index contributed by atoms with van der Waals surface area (Å²) < 4.78 is 2.03. The first kappa shape index (κ1) is 39.6. The Bertz CT molecular complexity index is 2220. The van der Waals surface area contributed by atoms with E-state index in [9.17, 15) is 0 Å². The van der Waals surface area contributed by atoms with Crippen molar-refractivity contribution in [2.75, 3.05) is 33.6 Å². The zero-order valence-electron chi connectivity index (χ0n) is 32.3. The lowest BCUT2D eigenvalue weighted by molar-refractivity contribution is 0.856. The van der Waals surface area contributed by atoms with Crippen molar-refractivity contribution in [2.45, 2.75) is 86.2 Å². The van der Waals surface area contributed by atoms with Gasteiger partial charge < -0.3 is 48.1 Å². The molecule has 0 bridgehead atoms. The summed E-state index contributed by atoms with van der Waals surface area (Å²) in [6.07, 6.45) is 9.35. The van der Waals surface area contributed by atoms with Crippen LogP contribution in [0.2, 0.25) is 0 Å². The Morgan fingerprint density at radius 3 is 2.00 bits per heavy atom. The maximum absolute atomic E-state index is 5.68. The largest absolute Gasteiger partial charge is 0.397 e. The van der Waals surface area contributed by atoms with Gasteiger partial charge in [-0.2, -0.15) is 15.0 Å². The lowest BCUT2D eigenvalue weighted by Gasteiger charge is -2.09. The summed E-state index contributed by atoms with van der Waals surface area (Å²) in [5, 5.41) is 8.48. The molecule has 0 aliphatic rings. The summed E-state index contributed by atoms with van der Waals surface area (Å²) in [5.74, 6) is 3.45. The molecule has 16 heteroatoms. The van der Waals surface area contributed by atoms with E-state index < -0.39 is 0 Å². The standard InChI is InChI=1S/C10H14N4.C10H13N3.C9H13N5.C8H14N4/c1-6(2)7-5-14(3)8-4-12-10(11)13-9(7)8;1-6(2)9-5-13-10-8(9)3-7(11)4-12-10;1-5(2)12-8-6-3-4-11-7(6)13-9(10)14-8;1-5(2)10-7-4-6(3)11-8(9)12-7/h4-6H,1-3H3,(H2,11,12,13);3-6H,11H2,1-2H3,(H,12,13);3-5H,1-2H3,(H4,10,11,12,13,14);4-5H,1-3H3,(H3,9,10,11,12). The fraction of sp³-hybridized carbons (Fsp3) is 0.378. The number of pyridine rings is 1. The Morgan fingerprint density at radius 1 is 0.679 bits per heavy atom. The van der Waals surface area contributed by atoms with E-state index in [-0.39, 0.29) is 5.95 Å². The molecule has 7 aromatic rings. The number of nitrogen functional groups attached to an aromatic ring is 4. The second kappa shape index (κ2) is 17.4. The number of aromatic nitrogens is 10. The number of H-pyrrole nitrogens is 2. The van der Waals surface area contributed by atoms with Gasteiger partial charge in [-0.15, -0.1) is 0 Å². The summed E-state index contributed by atoms with van der Waals surface area (Å²) in [6, 6.07) is 6.45. The highest BCUT2D eigenvalue weighted by Crippen LogP contribution is 2.26. The molecule has 16 nitrogen and oxygen atoms in total. The molecule has 0 spiro atoms. The van der Waals surface area contributed by atoms with E-state index >= 15 is 0 Å². The van der Waals surface area contributed by atoms with Crippen molar-refractivity contribution in [3.05, 3.63) is 66.0 Å². The second-order valence-electron chi connectivity index (χ2n) is 13.9. The number of nitrogens with zero attached hydrogens (tertiary/aromatic N) is 8. The van der Waals surface area contributed by atoms with Crippen LogP contribution >= 0.6 is 0 Å². The molecule has 12 N–H and O–H groups in total. The monoisotopic (exact) mass is 722 g/mol. The lowest BCUT2D eigenvalue weighted by atomic mass is 10.0. The fourth-order valence-electron chi connectivity index (χ4n) is 5.44. The number of aromatic amines is 2. The fourth-order valence-corrected chi connectivity index (χ4v) is 5.44. The van der Waals surface area contributed by atoms with Crippen molar-refractivity contribution in [3.8, 4) is 0 Å². The van der Waals surface area contributed by atoms with Crippen molar-refractivity contribution in [2.24, 2.45) is 7.05 Å². The van der Waals surface area contributed by atoms with Gasteiger partial charge in [0.1, 0.15) is 22.9 Å². The SMILES string of the molecule is CC(C)Nc1nc(N)nc2[nH]ccc12.CC(C)c1c[nH]c2ncc(N)cc12.CC(C)c1cn(C)c2cnc(N)nc12.Cc1cc(NC(C)C)nc(N)n1. The van der Waals surface area contributed by atoms with Crippen molar-refractivity contribution in [1.29, 1.82) is 0 Å². The number of nitrogens with one attached hydrogen (secondary N) is 4. The Morgan fingerprint density at radius 2 is 1.36 bits per heavy atom. The Kier molecular flexibility index (Phi) is 13.0. The van der Waals surface area contributed by atoms with E-state index in [2.05, 4.69) is 103 Å². The van der Waals surface area contributed by atoms with Crippen molar-refractivity contribution in [3.63, 3.8) is 0 Å². The minimum atomic E-state index is 0.281. The van der Waals surface area contributed by atoms with Crippen LogP contribution in [0.1, 0.15) is 84.0 Å². The predicted molar refractivity (Wildman–Crippen MR) is 219 cm³/mol. The summed E-state index contributed by atoms with van der Waals surface area (Å²) in [6.45, 7) is 18.7. The van der Waals surface area contributed by atoms with E-state index in [0.717, 1.165) is 50.4 Å². The second-order valence-corrected chi connectivity index (χ2v) is 13.9. The molecule has 0 saturated carbocycles. The quantitative estimate of drug-likeness (QED) is 0.0914. The Balaban J connectivity index is 0.000000158. The van der Waals surface area contributed by atoms with Crippen molar-refractivity contribution < 1.29 is 0 Å². The number of nitrogens with two attached hydrogens (primary N) is 4. The number of rotatable bonds is 6. The molecular weight excluding hydrogens is 669 g/mol. The van der Waals surface area contributed by atoms with Gasteiger partial charge in [-0.3, -0.25) is 0 Å². The van der Waals surface area contributed by atoms with Gasteiger partial charge in [0.25, 0.3) is 0 Å². The van der Waals surface area contributed by atoms with E-state index in [1.807, 2.05) is 63.0 Å². The first-order valence-corrected chi connectivity index (χ1v) is 17.6. The van der Waals surface area contributed by atoms with Gasteiger partial charge >= 0.3 is 0 Å². The third-order valence-electron chi connectivity index (χ3n) is 7.77. The van der Waals surface area contributed by atoms with E-state index in [4.69, 9.17) is 22.9 Å². The molecule has 282 valence electrons. The zero-order valence-corrected chi connectivity index (χ0v) is 32.3. The summed E-state index contributed by atoms with van der Waals surface area (Å²) >= 11 is 0. The van der Waals surface area contributed by atoms with Crippen LogP contribution in [0.15, 0.2) is 49.2 Å². The van der Waals surface area contributed by atoms with Gasteiger partial charge in [-0.25, -0.2) is 19.9 Å². The van der Waals surface area contributed by atoms with Gasteiger partial charge in [0.15, 0.2) is 0 Å². The van der Waals surface area contributed by atoms with Gasteiger partial charge in [0, 0.05) is 54.9 Å². The maximum Gasteiger partial charge on any atom is 0.223 e. The molecular formula is C37H54N16. The number of hydrogen-bond donors (Lipinski definition) is 8. The molecule has 0 aliphatic heterocycles. The zero-order chi connectivity index (χ0) is 39.0. The summed E-state index contributed by atoms with van der Waals surface area (Å²) in [5.41, 5.74) is 30.1. The molecule has 7 heterocycles. The van der Waals surface area contributed by atoms with E-state index in [0.29, 0.717) is 41.5 Å². The van der Waals surface area contributed by atoms with Crippen molar-refractivity contribution >= 4 is 68.3 Å². The van der Waals surface area contributed by atoms with Gasteiger partial charge in [-0.1, -0.05) is 27.7 Å². The summed E-state index contributed by atoms with van der Waals surface area (Å²) in [4.78, 5) is 34.8. The van der Waals surface area contributed by atoms with Crippen LogP contribution in [0.3, 0.4) is 0 Å². The Labute approximate surface area is 310 Å². The number of anilines is 6. The van der Waals surface area contributed by atoms with Gasteiger partial charge in [0.2, 0.25) is 17.8 Å². The molecule has 7 rings (SSSR count). The van der Waals surface area contributed by atoms with E-state index in [1.165, 1.54) is 11.1 Å². The first-order chi connectivity index (χ1) is 25.0. The maximum atomic E-state index is 5.68. The van der Waals surface area contributed by atoms with Crippen LogP contribution < -0.4 is 33.6 Å². The third kappa shape index (κ3) is 10.7. The van der Waals surface area contributed by atoms with Crippen LogP contribution in [0.5, 0.6) is 0 Å². The molecule has 0 atom stereocenters. The number of fused-ring (bicyclic) bond motifs is 3. The van der Waals surface area contributed by atoms with Crippen LogP contribution in [-0.2, 0) is 7.05 Å². The minimum absolute atomic E-state index is 0.281. The molecule has 0 radical (unpaired) electrons. The lowest BCUT2D eigenvalue weighted by Crippen LogP contribution is -2.12. The van der Waals surface area contributed by atoms with Crippen LogP contribution in [0, 0.1) is 6.92 Å². The molecule has 0 fully saturated rings. The van der Waals surface area contributed by atoms with Crippen molar-refractivity contribution in [1.82, 2.24) is 49.4 Å². The minimum Gasteiger partial charge on any atom is -0.397 e. The number of aryl methyl sites for hydroxylation is 2. The highest BCUT2D eigenvalue weighted by Gasteiger charge is 2.12. The predicted octanol–water partition coefficient (Wildman–Crippen LogP) is 6.49. The van der Waals surface area contributed by atoms with Crippen LogP contribution in [0.25, 0.3) is 33.1 Å². The van der Waals surface area contributed by atoms with Gasteiger partial charge in [0.05, 0.1) is 34.5 Å². The summed E-state index contributed by atoms with van der Waals surface area (Å²) in [7, 11) is 1.99. The molecule has 53 heavy (non-hydrogen) atoms. The Hall–Kier alpha value is -6.19. The highest BCUT2D eigenvalue weighted by atomic mass is 15.1. The normalized spacial score (nSPS) is 11.1.